The second-order valence-corrected chi connectivity index (χ2v) is 9.11. The van der Waals surface area contributed by atoms with Gasteiger partial charge in [0.15, 0.2) is 0 Å². The molecule has 0 N–H and O–H groups in total. The van der Waals surface area contributed by atoms with Crippen molar-refractivity contribution in [1.29, 1.82) is 10.5 Å². The number of nitrogens with zero attached hydrogens (tertiary/aromatic N) is 3. The number of unbranched alkanes of at least 4 members (excludes halogenated alkanes) is 1. The highest BCUT2D eigenvalue weighted by molar-refractivity contribution is 8.10. The molecule has 0 aliphatic heterocycles. The number of hydrogen-bond acceptors (Lipinski definition) is 5. The molecule has 1 aliphatic carbocycles. The molecular formula is C22H19N3OS2. The molecule has 2 aromatic rings. The van der Waals surface area contributed by atoms with Gasteiger partial charge in [-0.3, -0.25) is 4.21 Å². The van der Waals surface area contributed by atoms with E-state index in [0.29, 0.717) is 34.3 Å². The largest absolute Gasteiger partial charge is 0.259 e. The Kier molecular flexibility index (Phi) is 7.19. The van der Waals surface area contributed by atoms with Crippen molar-refractivity contribution in [2.45, 2.75) is 24.3 Å². The highest BCUT2D eigenvalue weighted by Gasteiger charge is 2.17. The quantitative estimate of drug-likeness (QED) is 0.453. The lowest BCUT2D eigenvalue weighted by molar-refractivity contribution is 0.684. The third-order valence-electron chi connectivity index (χ3n) is 4.27. The summed E-state index contributed by atoms with van der Waals surface area (Å²) < 4.78 is 12.2. The van der Waals surface area contributed by atoms with Gasteiger partial charge in [0.25, 0.3) is 0 Å². The highest BCUT2D eigenvalue weighted by Crippen LogP contribution is 2.34. The van der Waals surface area contributed by atoms with Crippen LogP contribution in [0, 0.1) is 22.7 Å². The fourth-order valence-corrected chi connectivity index (χ4v) is 5.25. The van der Waals surface area contributed by atoms with Crippen molar-refractivity contribution in [3.63, 3.8) is 0 Å². The molecule has 4 nitrogen and oxygen atoms in total. The summed E-state index contributed by atoms with van der Waals surface area (Å²) in [6, 6.07) is 16.1. The summed E-state index contributed by atoms with van der Waals surface area (Å²) in [6.07, 6.45) is 7.97. The minimum atomic E-state index is -1.06. The van der Waals surface area contributed by atoms with Crippen molar-refractivity contribution < 1.29 is 4.21 Å². The Bertz CT molecular complexity index is 1010. The van der Waals surface area contributed by atoms with Gasteiger partial charge in [0.2, 0.25) is 0 Å². The first-order valence-electron chi connectivity index (χ1n) is 8.94. The minimum absolute atomic E-state index is 0.363. The van der Waals surface area contributed by atoms with Gasteiger partial charge in [0.05, 0.1) is 22.4 Å². The van der Waals surface area contributed by atoms with Gasteiger partial charge in [-0.15, -0.1) is 0 Å². The predicted molar refractivity (Wildman–Crippen MR) is 115 cm³/mol. The molecule has 0 saturated heterocycles. The van der Waals surface area contributed by atoms with Crippen molar-refractivity contribution in [2.75, 3.05) is 10.8 Å². The number of pyridine rings is 1. The van der Waals surface area contributed by atoms with E-state index in [4.69, 9.17) is 10.2 Å². The average molecular weight is 406 g/mol. The Balaban J connectivity index is 1.93. The average Bonchev–Trinajstić information content (AvgIpc) is 3.27. The second kappa shape index (κ2) is 10.0. The lowest BCUT2D eigenvalue weighted by atomic mass is 9.99. The molecule has 140 valence electrons. The topological polar surface area (TPSA) is 77.5 Å². The maximum atomic E-state index is 12.2. The molecule has 0 saturated carbocycles. The maximum Gasteiger partial charge on any atom is 0.116 e. The second-order valence-electron chi connectivity index (χ2n) is 6.21. The van der Waals surface area contributed by atoms with Gasteiger partial charge in [0.1, 0.15) is 11.1 Å². The fourth-order valence-electron chi connectivity index (χ4n) is 2.87. The molecule has 1 heterocycles. The van der Waals surface area contributed by atoms with E-state index in [1.807, 2.05) is 48.6 Å². The SMILES string of the molecule is N#CCCCS(=O)CSc1nc(C2=CC=CC2)cc(-c2ccccc2)c1C#N. The number of aromatic nitrogens is 1. The molecular weight excluding hydrogens is 386 g/mol. The van der Waals surface area contributed by atoms with Crippen molar-refractivity contribution in [3.8, 4) is 23.3 Å². The van der Waals surface area contributed by atoms with E-state index in [0.717, 1.165) is 28.8 Å². The van der Waals surface area contributed by atoms with E-state index in [-0.39, 0.29) is 0 Å². The number of hydrogen-bond donors (Lipinski definition) is 0. The van der Waals surface area contributed by atoms with Crippen LogP contribution in [-0.2, 0) is 10.8 Å². The standard InChI is InChI=1S/C22H19N3OS2/c23-12-6-7-13-28(26)16-27-22-20(15-24)19(17-8-2-1-3-9-17)14-21(25-22)18-10-4-5-11-18/h1-5,8-10,14H,6-7,11,13,16H2. The number of rotatable bonds is 8. The van der Waals surface area contributed by atoms with Crippen molar-refractivity contribution >= 4 is 28.1 Å². The third kappa shape index (κ3) is 4.98. The lowest BCUT2D eigenvalue weighted by Crippen LogP contribution is -2.02. The molecule has 0 radical (unpaired) electrons. The van der Waals surface area contributed by atoms with Crippen LogP contribution in [0.5, 0.6) is 0 Å². The molecule has 6 heteroatoms. The molecule has 1 atom stereocenters. The van der Waals surface area contributed by atoms with Gasteiger partial charge in [-0.25, -0.2) is 4.98 Å². The Morgan fingerprint density at radius 2 is 2.04 bits per heavy atom. The Labute approximate surface area is 172 Å². The van der Waals surface area contributed by atoms with E-state index in [9.17, 15) is 9.47 Å². The fraction of sp³-hybridized carbons (Fsp3) is 0.227. The van der Waals surface area contributed by atoms with Crippen LogP contribution in [0.15, 0.2) is 59.7 Å². The monoisotopic (exact) mass is 405 g/mol. The van der Waals surface area contributed by atoms with E-state index < -0.39 is 10.8 Å². The first-order chi connectivity index (χ1) is 13.7. The molecule has 1 unspecified atom stereocenters. The number of thioether (sulfide) groups is 1. The van der Waals surface area contributed by atoms with Crippen molar-refractivity contribution in [1.82, 2.24) is 4.98 Å². The molecule has 28 heavy (non-hydrogen) atoms. The summed E-state index contributed by atoms with van der Waals surface area (Å²) in [5, 5.41) is 19.4. The zero-order valence-electron chi connectivity index (χ0n) is 15.3. The first kappa shape index (κ1) is 20.1. The normalized spacial score (nSPS) is 13.6. The van der Waals surface area contributed by atoms with Crippen LogP contribution < -0.4 is 0 Å². The molecule has 1 aliphatic rings. The van der Waals surface area contributed by atoms with Gasteiger partial charge in [-0.2, -0.15) is 10.5 Å². The van der Waals surface area contributed by atoms with Gasteiger partial charge in [-0.1, -0.05) is 60.3 Å². The highest BCUT2D eigenvalue weighted by atomic mass is 32.2. The summed E-state index contributed by atoms with van der Waals surface area (Å²) in [6.45, 7) is 0. The van der Waals surface area contributed by atoms with Gasteiger partial charge < -0.3 is 0 Å². The van der Waals surface area contributed by atoms with Crippen LogP contribution in [0.25, 0.3) is 16.7 Å². The molecule has 3 rings (SSSR count). The smallest absolute Gasteiger partial charge is 0.116 e. The zero-order chi connectivity index (χ0) is 19.8. The Morgan fingerprint density at radius 3 is 2.71 bits per heavy atom. The lowest BCUT2D eigenvalue weighted by Gasteiger charge is -2.13. The van der Waals surface area contributed by atoms with Crippen LogP contribution in [0.4, 0.5) is 0 Å². The number of benzene rings is 1. The molecule has 0 amide bonds. The maximum absolute atomic E-state index is 12.2. The van der Waals surface area contributed by atoms with Crippen LogP contribution >= 0.6 is 11.8 Å². The molecule has 0 spiro atoms. The molecule has 0 fully saturated rings. The zero-order valence-corrected chi connectivity index (χ0v) is 16.9. The number of allylic oxidation sites excluding steroid dienone is 4. The van der Waals surface area contributed by atoms with Crippen LogP contribution in [0.1, 0.15) is 30.5 Å². The molecule has 0 bridgehead atoms. The van der Waals surface area contributed by atoms with Gasteiger partial charge in [0, 0.05) is 28.5 Å². The summed E-state index contributed by atoms with van der Waals surface area (Å²) in [7, 11) is -1.06. The van der Waals surface area contributed by atoms with E-state index in [1.54, 1.807) is 0 Å². The molecule has 1 aromatic carbocycles. The summed E-state index contributed by atoms with van der Waals surface area (Å²) in [5.41, 5.74) is 4.28. The van der Waals surface area contributed by atoms with Gasteiger partial charge in [-0.05, 0) is 30.0 Å². The summed E-state index contributed by atoms with van der Waals surface area (Å²) >= 11 is 1.36. The van der Waals surface area contributed by atoms with E-state index >= 15 is 0 Å². The number of nitriles is 2. The third-order valence-corrected chi connectivity index (χ3v) is 7.11. The van der Waals surface area contributed by atoms with Crippen LogP contribution in [0.2, 0.25) is 0 Å². The summed E-state index contributed by atoms with van der Waals surface area (Å²) in [5.74, 6) is 0.489. The van der Waals surface area contributed by atoms with Crippen molar-refractivity contribution in [3.05, 3.63) is 65.9 Å². The Hall–Kier alpha value is -2.67. The van der Waals surface area contributed by atoms with Gasteiger partial charge >= 0.3 is 0 Å². The first-order valence-corrected chi connectivity index (χ1v) is 11.4. The van der Waals surface area contributed by atoms with E-state index in [2.05, 4.69) is 18.2 Å². The molecule has 1 aromatic heterocycles. The van der Waals surface area contributed by atoms with Crippen LogP contribution in [-0.4, -0.2) is 20.0 Å². The summed E-state index contributed by atoms with van der Waals surface area (Å²) in [4.78, 5) is 4.73. The predicted octanol–water partition coefficient (Wildman–Crippen LogP) is 5.07. The van der Waals surface area contributed by atoms with Crippen LogP contribution in [0.3, 0.4) is 0 Å². The Morgan fingerprint density at radius 1 is 1.21 bits per heavy atom. The van der Waals surface area contributed by atoms with E-state index in [1.165, 1.54) is 11.8 Å². The minimum Gasteiger partial charge on any atom is -0.259 e. The van der Waals surface area contributed by atoms with Crippen molar-refractivity contribution in [2.24, 2.45) is 0 Å².